The molecule has 0 saturated carbocycles. The van der Waals surface area contributed by atoms with Crippen molar-refractivity contribution in [2.75, 3.05) is 26.2 Å². The smallest absolute Gasteiger partial charge is 0.257 e. The van der Waals surface area contributed by atoms with Crippen LogP contribution in [-0.2, 0) is 0 Å². The molecule has 5 heteroatoms. The Morgan fingerprint density at radius 2 is 2.05 bits per heavy atom. The van der Waals surface area contributed by atoms with E-state index in [1.165, 1.54) is 6.07 Å². The summed E-state index contributed by atoms with van der Waals surface area (Å²) in [6.45, 7) is 5.21. The topological polar surface area (TPSA) is 72.8 Å². The summed E-state index contributed by atoms with van der Waals surface area (Å²) >= 11 is 0. The second kappa shape index (κ2) is 6.61. The molecular weight excluding hydrogens is 256 g/mol. The van der Waals surface area contributed by atoms with E-state index in [0.29, 0.717) is 19.0 Å². The number of hydrogen-bond acceptors (Lipinski definition) is 4. The first-order valence-corrected chi connectivity index (χ1v) is 7.14. The van der Waals surface area contributed by atoms with Gasteiger partial charge in [-0.15, -0.1) is 0 Å². The van der Waals surface area contributed by atoms with Crippen LogP contribution in [0.3, 0.4) is 0 Å². The summed E-state index contributed by atoms with van der Waals surface area (Å²) in [5.74, 6) is -0.311. The molecule has 0 atom stereocenters. The number of benzene rings is 1. The maximum absolute atomic E-state index is 12.5. The molecule has 0 aliphatic carbocycles. The maximum atomic E-state index is 12.5. The number of rotatable bonds is 4. The van der Waals surface area contributed by atoms with Crippen molar-refractivity contribution in [2.24, 2.45) is 5.92 Å². The molecule has 1 amide bonds. The van der Waals surface area contributed by atoms with E-state index < -0.39 is 0 Å². The Morgan fingerprint density at radius 3 is 2.70 bits per heavy atom. The minimum Gasteiger partial charge on any atom is -0.504 e. The summed E-state index contributed by atoms with van der Waals surface area (Å²) < 4.78 is 0. The third-order valence-electron chi connectivity index (χ3n) is 3.85. The van der Waals surface area contributed by atoms with E-state index in [0.717, 1.165) is 25.9 Å². The van der Waals surface area contributed by atoms with Crippen LogP contribution >= 0.6 is 0 Å². The second-order valence-corrected chi connectivity index (χ2v) is 5.21. The van der Waals surface area contributed by atoms with Gasteiger partial charge in [-0.25, -0.2) is 0 Å². The number of carbonyl (C=O) groups excluding carboxylic acids is 1. The van der Waals surface area contributed by atoms with Crippen LogP contribution in [0.2, 0.25) is 0 Å². The summed E-state index contributed by atoms with van der Waals surface area (Å²) in [4.78, 5) is 14.2. The zero-order valence-electron chi connectivity index (χ0n) is 11.8. The molecular formula is C15H22N2O3. The van der Waals surface area contributed by atoms with Gasteiger partial charge in [-0.1, -0.05) is 6.07 Å². The highest BCUT2D eigenvalue weighted by Crippen LogP contribution is 2.29. The quantitative estimate of drug-likeness (QED) is 0.731. The highest BCUT2D eigenvalue weighted by Gasteiger charge is 2.23. The molecule has 1 aromatic carbocycles. The highest BCUT2D eigenvalue weighted by atomic mass is 16.3. The minimum absolute atomic E-state index is 0.167. The van der Waals surface area contributed by atoms with Gasteiger partial charge < -0.3 is 20.4 Å². The first-order valence-electron chi connectivity index (χ1n) is 7.14. The lowest BCUT2D eigenvalue weighted by Gasteiger charge is -2.29. The van der Waals surface area contributed by atoms with Crippen molar-refractivity contribution in [2.45, 2.75) is 19.8 Å². The lowest BCUT2D eigenvalue weighted by atomic mass is 9.97. The van der Waals surface area contributed by atoms with E-state index in [1.54, 1.807) is 17.0 Å². The molecule has 0 spiro atoms. The molecule has 20 heavy (non-hydrogen) atoms. The maximum Gasteiger partial charge on any atom is 0.257 e. The third kappa shape index (κ3) is 3.22. The van der Waals surface area contributed by atoms with Crippen molar-refractivity contribution >= 4 is 5.91 Å². The number of phenolic OH excluding ortho intramolecular Hbond substituents is 2. The molecule has 1 heterocycles. The zero-order chi connectivity index (χ0) is 14.5. The Morgan fingerprint density at radius 1 is 1.35 bits per heavy atom. The highest BCUT2D eigenvalue weighted by molar-refractivity contribution is 5.97. The second-order valence-electron chi connectivity index (χ2n) is 5.21. The van der Waals surface area contributed by atoms with Crippen molar-refractivity contribution in [3.05, 3.63) is 23.8 Å². The minimum atomic E-state index is -0.332. The number of aromatic hydroxyl groups is 2. The monoisotopic (exact) mass is 278 g/mol. The predicted octanol–water partition coefficient (Wildman–Crippen LogP) is 1.56. The van der Waals surface area contributed by atoms with E-state index in [1.807, 2.05) is 6.92 Å². The Balaban J connectivity index is 2.10. The molecule has 0 bridgehead atoms. The van der Waals surface area contributed by atoms with Crippen molar-refractivity contribution in [3.63, 3.8) is 0 Å². The van der Waals surface area contributed by atoms with Crippen LogP contribution in [-0.4, -0.2) is 47.2 Å². The fourth-order valence-corrected chi connectivity index (χ4v) is 2.61. The van der Waals surface area contributed by atoms with Gasteiger partial charge in [0.25, 0.3) is 5.91 Å². The van der Waals surface area contributed by atoms with Crippen molar-refractivity contribution in [1.29, 1.82) is 0 Å². The Hall–Kier alpha value is -1.75. The standard InChI is InChI=1S/C15H22N2O3/c1-2-17(10-11-6-8-16-9-7-11)15(20)12-4-3-5-13(18)14(12)19/h3-5,11,16,18-19H,2,6-10H2,1H3. The molecule has 1 aromatic rings. The van der Waals surface area contributed by atoms with Gasteiger partial charge in [0, 0.05) is 13.1 Å². The first kappa shape index (κ1) is 14.7. The third-order valence-corrected chi connectivity index (χ3v) is 3.85. The van der Waals surface area contributed by atoms with Crippen LogP contribution in [0.4, 0.5) is 0 Å². The molecule has 2 rings (SSSR count). The Labute approximate surface area is 119 Å². The van der Waals surface area contributed by atoms with Crippen LogP contribution in [0.5, 0.6) is 11.5 Å². The fraction of sp³-hybridized carbons (Fsp3) is 0.533. The summed E-state index contributed by atoms with van der Waals surface area (Å²) in [6, 6.07) is 4.48. The molecule has 0 aromatic heterocycles. The molecule has 3 N–H and O–H groups in total. The van der Waals surface area contributed by atoms with Gasteiger partial charge in [-0.2, -0.15) is 0 Å². The number of carbonyl (C=O) groups is 1. The number of piperidine rings is 1. The lowest BCUT2D eigenvalue weighted by Crippen LogP contribution is -2.39. The summed E-state index contributed by atoms with van der Waals surface area (Å²) in [5.41, 5.74) is 0.167. The van der Waals surface area contributed by atoms with Gasteiger partial charge >= 0.3 is 0 Å². The summed E-state index contributed by atoms with van der Waals surface area (Å²) in [6.07, 6.45) is 2.13. The SMILES string of the molecule is CCN(CC1CCNCC1)C(=O)c1cccc(O)c1O. The molecule has 0 radical (unpaired) electrons. The largest absolute Gasteiger partial charge is 0.504 e. The average molecular weight is 278 g/mol. The predicted molar refractivity (Wildman–Crippen MR) is 76.9 cm³/mol. The van der Waals surface area contributed by atoms with E-state index in [2.05, 4.69) is 5.32 Å². The van der Waals surface area contributed by atoms with Gasteiger partial charge in [0.2, 0.25) is 0 Å². The van der Waals surface area contributed by atoms with Crippen LogP contribution < -0.4 is 5.32 Å². The van der Waals surface area contributed by atoms with Crippen LogP contribution in [0.1, 0.15) is 30.1 Å². The van der Waals surface area contributed by atoms with Crippen LogP contribution in [0.15, 0.2) is 18.2 Å². The van der Waals surface area contributed by atoms with Crippen molar-refractivity contribution in [3.8, 4) is 11.5 Å². The molecule has 110 valence electrons. The van der Waals surface area contributed by atoms with Crippen molar-refractivity contribution in [1.82, 2.24) is 10.2 Å². The Kier molecular flexibility index (Phi) is 4.84. The van der Waals surface area contributed by atoms with Crippen LogP contribution in [0, 0.1) is 5.92 Å². The molecule has 0 unspecified atom stereocenters. The zero-order valence-corrected chi connectivity index (χ0v) is 11.8. The number of amides is 1. The van der Waals surface area contributed by atoms with Gasteiger partial charge in [0.1, 0.15) is 0 Å². The Bertz CT molecular complexity index is 470. The summed E-state index contributed by atoms with van der Waals surface area (Å²) in [7, 11) is 0. The van der Waals surface area contributed by atoms with Gasteiger partial charge in [-0.3, -0.25) is 4.79 Å². The lowest BCUT2D eigenvalue weighted by molar-refractivity contribution is 0.0723. The average Bonchev–Trinajstić information content (AvgIpc) is 2.48. The van der Waals surface area contributed by atoms with E-state index >= 15 is 0 Å². The van der Waals surface area contributed by atoms with Crippen molar-refractivity contribution < 1.29 is 15.0 Å². The molecule has 5 nitrogen and oxygen atoms in total. The number of para-hydroxylation sites is 1. The van der Waals surface area contributed by atoms with E-state index in [-0.39, 0.29) is 23.0 Å². The van der Waals surface area contributed by atoms with E-state index in [4.69, 9.17) is 0 Å². The van der Waals surface area contributed by atoms with E-state index in [9.17, 15) is 15.0 Å². The molecule has 1 aliphatic rings. The number of phenols is 2. The molecule has 1 saturated heterocycles. The number of nitrogens with zero attached hydrogens (tertiary/aromatic N) is 1. The van der Waals surface area contributed by atoms with Gasteiger partial charge in [-0.05, 0) is 50.9 Å². The normalized spacial score (nSPS) is 16.1. The first-order chi connectivity index (χ1) is 9.63. The van der Waals surface area contributed by atoms with Gasteiger partial charge in [0.05, 0.1) is 5.56 Å². The molecule has 1 aliphatic heterocycles. The number of hydrogen-bond donors (Lipinski definition) is 3. The van der Waals surface area contributed by atoms with Gasteiger partial charge in [0.15, 0.2) is 11.5 Å². The fourth-order valence-electron chi connectivity index (χ4n) is 2.61. The van der Waals surface area contributed by atoms with Crippen LogP contribution in [0.25, 0.3) is 0 Å². The molecule has 1 fully saturated rings. The number of nitrogens with one attached hydrogen (secondary N) is 1. The summed E-state index contributed by atoms with van der Waals surface area (Å²) in [5, 5.41) is 22.6.